The SMILES string of the molecule is Cc1ccc(C=Nc2ccc(F)cc2)n1-c1ccccc1. The minimum Gasteiger partial charge on any atom is -0.313 e. The Morgan fingerprint density at radius 1 is 0.905 bits per heavy atom. The maximum atomic E-state index is 12.9. The molecule has 0 bridgehead atoms. The highest BCUT2D eigenvalue weighted by molar-refractivity contribution is 5.81. The van der Waals surface area contributed by atoms with Gasteiger partial charge in [-0.05, 0) is 55.5 Å². The molecule has 3 heteroatoms. The summed E-state index contributed by atoms with van der Waals surface area (Å²) < 4.78 is 15.0. The summed E-state index contributed by atoms with van der Waals surface area (Å²) >= 11 is 0. The second kappa shape index (κ2) is 5.75. The van der Waals surface area contributed by atoms with Gasteiger partial charge in [0.2, 0.25) is 0 Å². The quantitative estimate of drug-likeness (QED) is 0.619. The van der Waals surface area contributed by atoms with Crippen molar-refractivity contribution in [2.45, 2.75) is 6.92 Å². The van der Waals surface area contributed by atoms with E-state index in [9.17, 15) is 4.39 Å². The van der Waals surface area contributed by atoms with Crippen LogP contribution in [-0.2, 0) is 0 Å². The van der Waals surface area contributed by atoms with Gasteiger partial charge in [-0.25, -0.2) is 4.39 Å². The van der Waals surface area contributed by atoms with Crippen LogP contribution in [0.1, 0.15) is 11.4 Å². The van der Waals surface area contributed by atoms with E-state index in [2.05, 4.69) is 34.7 Å². The highest BCUT2D eigenvalue weighted by Crippen LogP contribution is 2.17. The molecule has 0 saturated heterocycles. The number of rotatable bonds is 3. The minimum absolute atomic E-state index is 0.252. The summed E-state index contributed by atoms with van der Waals surface area (Å²) in [6.45, 7) is 2.06. The summed E-state index contributed by atoms with van der Waals surface area (Å²) in [5, 5.41) is 0. The van der Waals surface area contributed by atoms with Crippen LogP contribution in [0, 0.1) is 12.7 Å². The van der Waals surface area contributed by atoms with Crippen LogP contribution < -0.4 is 0 Å². The van der Waals surface area contributed by atoms with E-state index in [0.717, 1.165) is 22.8 Å². The molecule has 0 N–H and O–H groups in total. The maximum Gasteiger partial charge on any atom is 0.123 e. The molecule has 0 saturated carbocycles. The van der Waals surface area contributed by atoms with Crippen molar-refractivity contribution in [3.05, 3.63) is 83.9 Å². The van der Waals surface area contributed by atoms with Gasteiger partial charge in [0.05, 0.1) is 17.6 Å². The zero-order chi connectivity index (χ0) is 14.7. The van der Waals surface area contributed by atoms with Crippen molar-refractivity contribution in [2.24, 2.45) is 4.99 Å². The van der Waals surface area contributed by atoms with Crippen molar-refractivity contribution >= 4 is 11.9 Å². The van der Waals surface area contributed by atoms with Gasteiger partial charge in [-0.2, -0.15) is 0 Å². The lowest BCUT2D eigenvalue weighted by atomic mass is 10.3. The highest BCUT2D eigenvalue weighted by Gasteiger charge is 2.04. The molecule has 2 aromatic carbocycles. The van der Waals surface area contributed by atoms with Crippen molar-refractivity contribution in [3.8, 4) is 5.69 Å². The molecule has 21 heavy (non-hydrogen) atoms. The Balaban J connectivity index is 1.95. The van der Waals surface area contributed by atoms with Gasteiger partial charge in [0.15, 0.2) is 0 Å². The number of hydrogen-bond acceptors (Lipinski definition) is 1. The lowest BCUT2D eigenvalue weighted by molar-refractivity contribution is 0.628. The standard InChI is InChI=1S/C18H15FN2/c1-14-7-12-18(21(14)17-5-3-2-4-6-17)13-20-16-10-8-15(19)9-11-16/h2-13H,1H3. The van der Waals surface area contributed by atoms with Gasteiger partial charge in [0.1, 0.15) is 5.82 Å². The van der Waals surface area contributed by atoms with E-state index in [-0.39, 0.29) is 5.82 Å². The zero-order valence-corrected chi connectivity index (χ0v) is 11.7. The van der Waals surface area contributed by atoms with Crippen LogP contribution in [0.25, 0.3) is 5.69 Å². The molecule has 0 atom stereocenters. The van der Waals surface area contributed by atoms with Gasteiger partial charge in [-0.3, -0.25) is 4.99 Å². The molecular formula is C18H15FN2. The third kappa shape index (κ3) is 2.92. The fourth-order valence-corrected chi connectivity index (χ4v) is 2.26. The largest absolute Gasteiger partial charge is 0.313 e. The first-order valence-corrected chi connectivity index (χ1v) is 6.77. The number of benzene rings is 2. The highest BCUT2D eigenvalue weighted by atomic mass is 19.1. The number of aromatic nitrogens is 1. The van der Waals surface area contributed by atoms with Crippen molar-refractivity contribution < 1.29 is 4.39 Å². The van der Waals surface area contributed by atoms with E-state index < -0.39 is 0 Å². The van der Waals surface area contributed by atoms with Crippen molar-refractivity contribution in [2.75, 3.05) is 0 Å². The number of aryl methyl sites for hydroxylation is 1. The van der Waals surface area contributed by atoms with Gasteiger partial charge >= 0.3 is 0 Å². The molecule has 0 unspecified atom stereocenters. The molecule has 1 aromatic heterocycles. The molecule has 0 amide bonds. The van der Waals surface area contributed by atoms with E-state index in [0.29, 0.717) is 0 Å². The number of nitrogens with zero attached hydrogens (tertiary/aromatic N) is 2. The molecule has 0 fully saturated rings. The second-order valence-corrected chi connectivity index (χ2v) is 4.81. The summed E-state index contributed by atoms with van der Waals surface area (Å²) in [5.41, 5.74) is 3.96. The minimum atomic E-state index is -0.252. The van der Waals surface area contributed by atoms with Gasteiger partial charge in [0.25, 0.3) is 0 Å². The topological polar surface area (TPSA) is 17.3 Å². The van der Waals surface area contributed by atoms with Gasteiger partial charge in [-0.15, -0.1) is 0 Å². The molecule has 0 radical (unpaired) electrons. The first kappa shape index (κ1) is 13.3. The predicted molar refractivity (Wildman–Crippen MR) is 84.2 cm³/mol. The molecular weight excluding hydrogens is 263 g/mol. The van der Waals surface area contributed by atoms with Crippen LogP contribution >= 0.6 is 0 Å². The molecule has 0 aliphatic rings. The average molecular weight is 278 g/mol. The number of hydrogen-bond donors (Lipinski definition) is 0. The van der Waals surface area contributed by atoms with Crippen LogP contribution in [0.15, 0.2) is 71.7 Å². The van der Waals surface area contributed by atoms with E-state index >= 15 is 0 Å². The first-order valence-electron chi connectivity index (χ1n) is 6.77. The van der Waals surface area contributed by atoms with Crippen molar-refractivity contribution in [1.29, 1.82) is 0 Å². The second-order valence-electron chi connectivity index (χ2n) is 4.81. The van der Waals surface area contributed by atoms with E-state index in [1.165, 1.54) is 12.1 Å². The molecule has 104 valence electrons. The fourth-order valence-electron chi connectivity index (χ4n) is 2.26. The van der Waals surface area contributed by atoms with E-state index in [1.54, 1.807) is 18.3 Å². The van der Waals surface area contributed by atoms with Gasteiger partial charge < -0.3 is 4.57 Å². The number of para-hydroxylation sites is 1. The summed E-state index contributed by atoms with van der Waals surface area (Å²) in [4.78, 5) is 4.40. The molecule has 3 rings (SSSR count). The van der Waals surface area contributed by atoms with E-state index in [1.807, 2.05) is 24.3 Å². The fraction of sp³-hybridized carbons (Fsp3) is 0.0556. The monoisotopic (exact) mass is 278 g/mol. The van der Waals surface area contributed by atoms with Gasteiger partial charge in [0, 0.05) is 11.4 Å². The summed E-state index contributed by atoms with van der Waals surface area (Å²) in [5.74, 6) is -0.252. The lowest BCUT2D eigenvalue weighted by Crippen LogP contribution is -2.00. The molecule has 3 aromatic rings. The Bertz CT molecular complexity index is 756. The summed E-state index contributed by atoms with van der Waals surface area (Å²) in [7, 11) is 0. The molecule has 0 aliphatic carbocycles. The van der Waals surface area contributed by atoms with Crippen molar-refractivity contribution in [3.63, 3.8) is 0 Å². The predicted octanol–water partition coefficient (Wildman–Crippen LogP) is 4.68. The van der Waals surface area contributed by atoms with Crippen LogP contribution in [0.3, 0.4) is 0 Å². The van der Waals surface area contributed by atoms with E-state index in [4.69, 9.17) is 0 Å². The Labute approximate surface area is 123 Å². The Kier molecular flexibility index (Phi) is 3.65. The third-order valence-electron chi connectivity index (χ3n) is 3.29. The normalized spacial score (nSPS) is 11.1. The van der Waals surface area contributed by atoms with Crippen LogP contribution in [0.2, 0.25) is 0 Å². The van der Waals surface area contributed by atoms with Crippen LogP contribution in [0.4, 0.5) is 10.1 Å². The average Bonchev–Trinajstić information content (AvgIpc) is 2.88. The lowest BCUT2D eigenvalue weighted by Gasteiger charge is -2.08. The van der Waals surface area contributed by atoms with Crippen molar-refractivity contribution in [1.82, 2.24) is 4.57 Å². The molecule has 0 aliphatic heterocycles. The zero-order valence-electron chi connectivity index (χ0n) is 11.7. The first-order chi connectivity index (χ1) is 10.2. The Morgan fingerprint density at radius 2 is 1.62 bits per heavy atom. The molecule has 2 nitrogen and oxygen atoms in total. The maximum absolute atomic E-state index is 12.9. The Morgan fingerprint density at radius 3 is 2.33 bits per heavy atom. The Hall–Kier alpha value is -2.68. The van der Waals surface area contributed by atoms with Gasteiger partial charge in [-0.1, -0.05) is 18.2 Å². The summed E-state index contributed by atoms with van der Waals surface area (Å²) in [6, 6.07) is 20.4. The van der Waals surface area contributed by atoms with Crippen LogP contribution in [0.5, 0.6) is 0 Å². The molecule has 1 heterocycles. The third-order valence-corrected chi connectivity index (χ3v) is 3.29. The van der Waals surface area contributed by atoms with Crippen LogP contribution in [-0.4, -0.2) is 10.8 Å². The number of aliphatic imine (C=N–C) groups is 1. The smallest absolute Gasteiger partial charge is 0.123 e. The summed E-state index contributed by atoms with van der Waals surface area (Å²) in [6.07, 6.45) is 1.80. The number of halogens is 1. The molecule has 0 spiro atoms.